The van der Waals surface area contributed by atoms with Crippen LogP contribution in [0.1, 0.15) is 34.6 Å². The van der Waals surface area contributed by atoms with E-state index in [0.29, 0.717) is 32.8 Å². The largest absolute Gasteiger partial charge is 0.450 e. The van der Waals surface area contributed by atoms with E-state index in [1.807, 2.05) is 6.92 Å². The maximum absolute atomic E-state index is 12.1. The van der Waals surface area contributed by atoms with E-state index in [0.717, 1.165) is 5.57 Å². The first-order chi connectivity index (χ1) is 9.75. The standard InChI is InChI=1S/C15H27N3O3/c1-6-21-14(20)18-9-7-17(8-10-18)13(19)16-11-12(2)15(3,4)5/h11H,6-10H2,1-5H3,(H,16,19)/b12-11+. The van der Waals surface area contributed by atoms with Crippen molar-refractivity contribution in [3.8, 4) is 0 Å². The molecule has 6 heteroatoms. The predicted molar refractivity (Wildman–Crippen MR) is 81.9 cm³/mol. The van der Waals surface area contributed by atoms with Gasteiger partial charge in [0.2, 0.25) is 0 Å². The number of rotatable bonds is 2. The van der Waals surface area contributed by atoms with Crippen LogP contribution < -0.4 is 5.32 Å². The first-order valence-corrected chi connectivity index (χ1v) is 7.40. The van der Waals surface area contributed by atoms with Crippen LogP contribution in [0.3, 0.4) is 0 Å². The SMILES string of the molecule is CCOC(=O)N1CCN(C(=O)N/C=C(\C)C(C)(C)C)CC1. The Kier molecular flexibility index (Phi) is 6.05. The molecule has 0 saturated carbocycles. The van der Waals surface area contributed by atoms with Crippen LogP contribution in [0.25, 0.3) is 0 Å². The van der Waals surface area contributed by atoms with Gasteiger partial charge in [0, 0.05) is 32.4 Å². The van der Waals surface area contributed by atoms with Crippen LogP contribution in [-0.2, 0) is 4.74 Å². The van der Waals surface area contributed by atoms with Crippen molar-refractivity contribution in [2.45, 2.75) is 34.6 Å². The fraction of sp³-hybridized carbons (Fsp3) is 0.733. The number of carbonyl (C=O) groups is 2. The lowest BCUT2D eigenvalue weighted by molar-refractivity contribution is 0.0856. The number of amides is 3. The normalized spacial score (nSPS) is 16.7. The van der Waals surface area contributed by atoms with Crippen LogP contribution in [0.4, 0.5) is 9.59 Å². The molecule has 0 aliphatic carbocycles. The number of hydrogen-bond acceptors (Lipinski definition) is 3. The summed E-state index contributed by atoms with van der Waals surface area (Å²) in [5.74, 6) is 0. The van der Waals surface area contributed by atoms with Crippen molar-refractivity contribution in [2.24, 2.45) is 5.41 Å². The summed E-state index contributed by atoms with van der Waals surface area (Å²) in [6.45, 7) is 12.5. The average molecular weight is 297 g/mol. The van der Waals surface area contributed by atoms with Gasteiger partial charge < -0.3 is 19.9 Å². The van der Waals surface area contributed by atoms with Crippen molar-refractivity contribution in [1.82, 2.24) is 15.1 Å². The van der Waals surface area contributed by atoms with Gasteiger partial charge in [0.15, 0.2) is 0 Å². The number of piperazine rings is 1. The topological polar surface area (TPSA) is 61.9 Å². The lowest BCUT2D eigenvalue weighted by Crippen LogP contribution is -2.52. The monoisotopic (exact) mass is 297 g/mol. The number of hydrogen-bond donors (Lipinski definition) is 1. The van der Waals surface area contributed by atoms with E-state index in [2.05, 4.69) is 26.1 Å². The Bertz CT molecular complexity index is 405. The molecule has 1 N–H and O–H groups in total. The second-order valence-electron chi connectivity index (χ2n) is 6.20. The second-order valence-corrected chi connectivity index (χ2v) is 6.20. The molecule has 1 saturated heterocycles. The lowest BCUT2D eigenvalue weighted by atomic mass is 9.88. The summed E-state index contributed by atoms with van der Waals surface area (Å²) >= 11 is 0. The summed E-state index contributed by atoms with van der Waals surface area (Å²) in [5, 5.41) is 2.82. The van der Waals surface area contributed by atoms with E-state index in [4.69, 9.17) is 4.74 Å². The molecular formula is C15H27N3O3. The van der Waals surface area contributed by atoms with Gasteiger partial charge in [-0.1, -0.05) is 26.3 Å². The Hall–Kier alpha value is -1.72. The van der Waals surface area contributed by atoms with Crippen LogP contribution in [0.2, 0.25) is 0 Å². The summed E-state index contributed by atoms with van der Waals surface area (Å²) < 4.78 is 4.95. The third-order valence-corrected chi connectivity index (χ3v) is 3.69. The molecule has 0 aromatic carbocycles. The van der Waals surface area contributed by atoms with Crippen molar-refractivity contribution in [3.05, 3.63) is 11.8 Å². The lowest BCUT2D eigenvalue weighted by Gasteiger charge is -2.33. The van der Waals surface area contributed by atoms with Gasteiger partial charge in [-0.25, -0.2) is 9.59 Å². The molecule has 3 amide bonds. The van der Waals surface area contributed by atoms with E-state index in [1.165, 1.54) is 0 Å². The molecule has 0 aromatic rings. The van der Waals surface area contributed by atoms with Crippen molar-refractivity contribution < 1.29 is 14.3 Å². The number of ether oxygens (including phenoxy) is 1. The molecule has 1 rings (SSSR count). The highest BCUT2D eigenvalue weighted by molar-refractivity contribution is 5.76. The van der Waals surface area contributed by atoms with Crippen LogP contribution in [0.5, 0.6) is 0 Å². The maximum Gasteiger partial charge on any atom is 0.409 e. The molecule has 0 spiro atoms. The van der Waals surface area contributed by atoms with Crippen molar-refractivity contribution in [2.75, 3.05) is 32.8 Å². The summed E-state index contributed by atoms with van der Waals surface area (Å²) in [6, 6.07) is -0.123. The van der Waals surface area contributed by atoms with Crippen molar-refractivity contribution >= 4 is 12.1 Å². The first-order valence-electron chi connectivity index (χ1n) is 7.40. The molecule has 6 nitrogen and oxygen atoms in total. The minimum atomic E-state index is -0.305. The molecule has 0 atom stereocenters. The highest BCUT2D eigenvalue weighted by Gasteiger charge is 2.24. The van der Waals surface area contributed by atoms with Gasteiger partial charge in [-0.2, -0.15) is 0 Å². The molecule has 0 radical (unpaired) electrons. The Morgan fingerprint density at radius 1 is 1.14 bits per heavy atom. The summed E-state index contributed by atoms with van der Waals surface area (Å²) in [4.78, 5) is 27.0. The molecule has 1 aliphatic rings. The van der Waals surface area contributed by atoms with Crippen LogP contribution in [0, 0.1) is 5.41 Å². The summed E-state index contributed by atoms with van der Waals surface area (Å²) in [6.07, 6.45) is 1.46. The number of nitrogens with one attached hydrogen (secondary N) is 1. The van der Waals surface area contributed by atoms with E-state index in [9.17, 15) is 9.59 Å². The number of allylic oxidation sites excluding steroid dienone is 1. The zero-order chi connectivity index (χ0) is 16.0. The highest BCUT2D eigenvalue weighted by Crippen LogP contribution is 2.23. The van der Waals surface area contributed by atoms with Gasteiger partial charge in [0.05, 0.1) is 6.61 Å². The van der Waals surface area contributed by atoms with Crippen LogP contribution in [-0.4, -0.2) is 54.7 Å². The zero-order valence-electron chi connectivity index (χ0n) is 13.7. The quantitative estimate of drug-likeness (QED) is 0.851. The number of carbonyl (C=O) groups excluding carboxylic acids is 2. The maximum atomic E-state index is 12.1. The predicted octanol–water partition coefficient (Wildman–Crippen LogP) is 2.42. The second kappa shape index (κ2) is 7.33. The fourth-order valence-corrected chi connectivity index (χ4v) is 1.78. The molecule has 0 aromatic heterocycles. The van der Waals surface area contributed by atoms with E-state index >= 15 is 0 Å². The van der Waals surface area contributed by atoms with Gasteiger partial charge in [-0.3, -0.25) is 0 Å². The third-order valence-electron chi connectivity index (χ3n) is 3.69. The molecule has 0 bridgehead atoms. The van der Waals surface area contributed by atoms with Gasteiger partial charge in [0.25, 0.3) is 0 Å². The fourth-order valence-electron chi connectivity index (χ4n) is 1.78. The molecule has 120 valence electrons. The van der Waals surface area contributed by atoms with Crippen molar-refractivity contribution in [1.29, 1.82) is 0 Å². The summed E-state index contributed by atoms with van der Waals surface area (Å²) in [7, 11) is 0. The molecule has 21 heavy (non-hydrogen) atoms. The zero-order valence-corrected chi connectivity index (χ0v) is 13.7. The Morgan fingerprint density at radius 2 is 1.67 bits per heavy atom. The van der Waals surface area contributed by atoms with Gasteiger partial charge in [-0.05, 0) is 19.3 Å². The average Bonchev–Trinajstić information content (AvgIpc) is 2.43. The van der Waals surface area contributed by atoms with Crippen LogP contribution >= 0.6 is 0 Å². The highest BCUT2D eigenvalue weighted by atomic mass is 16.6. The smallest absolute Gasteiger partial charge is 0.409 e. The van der Waals surface area contributed by atoms with Crippen molar-refractivity contribution in [3.63, 3.8) is 0 Å². The van der Waals surface area contributed by atoms with Crippen LogP contribution in [0.15, 0.2) is 11.8 Å². The minimum Gasteiger partial charge on any atom is -0.450 e. The molecular weight excluding hydrogens is 270 g/mol. The molecule has 1 aliphatic heterocycles. The van der Waals surface area contributed by atoms with E-state index in [1.54, 1.807) is 22.9 Å². The van der Waals surface area contributed by atoms with Gasteiger partial charge in [-0.15, -0.1) is 0 Å². The molecule has 1 heterocycles. The third kappa shape index (κ3) is 5.28. The Labute approximate surface area is 127 Å². The van der Waals surface area contributed by atoms with E-state index in [-0.39, 0.29) is 17.5 Å². The number of nitrogens with zero attached hydrogens (tertiary/aromatic N) is 2. The van der Waals surface area contributed by atoms with E-state index < -0.39 is 0 Å². The van der Waals surface area contributed by atoms with Gasteiger partial charge in [0.1, 0.15) is 0 Å². The Morgan fingerprint density at radius 3 is 2.14 bits per heavy atom. The van der Waals surface area contributed by atoms with Gasteiger partial charge >= 0.3 is 12.1 Å². The summed E-state index contributed by atoms with van der Waals surface area (Å²) in [5.41, 5.74) is 1.15. The molecule has 0 unspecified atom stereocenters. The molecule has 1 fully saturated rings. The Balaban J connectivity index is 2.44. The number of urea groups is 1. The first kappa shape index (κ1) is 17.3. The minimum absolute atomic E-state index is 0.0376.